The first-order valence-electron chi connectivity index (χ1n) is 5.56. The van der Waals surface area contributed by atoms with Gasteiger partial charge in [0.25, 0.3) is 0 Å². The molecule has 1 N–H and O–H groups in total. The van der Waals surface area contributed by atoms with Crippen LogP contribution in [-0.2, 0) is 20.9 Å². The van der Waals surface area contributed by atoms with Crippen molar-refractivity contribution in [1.29, 1.82) is 5.41 Å². The second-order valence-electron chi connectivity index (χ2n) is 3.56. The van der Waals surface area contributed by atoms with Gasteiger partial charge in [0.15, 0.2) is 0 Å². The third-order valence-corrected chi connectivity index (χ3v) is 2.05. The molecule has 0 aliphatic heterocycles. The van der Waals surface area contributed by atoms with Crippen molar-refractivity contribution in [1.82, 2.24) is 0 Å². The fourth-order valence-electron chi connectivity index (χ4n) is 1.30. The van der Waals surface area contributed by atoms with Crippen LogP contribution in [0.5, 0.6) is 0 Å². The van der Waals surface area contributed by atoms with Crippen molar-refractivity contribution in [3.8, 4) is 0 Å². The molecule has 0 fully saturated rings. The minimum atomic E-state index is -0.374. The van der Waals surface area contributed by atoms with Gasteiger partial charge in [-0.3, -0.25) is 4.79 Å². The number of ether oxygens (including phenoxy) is 2. The predicted octanol–water partition coefficient (Wildman–Crippen LogP) is 2.18. The third-order valence-electron chi connectivity index (χ3n) is 2.05. The zero-order valence-electron chi connectivity index (χ0n) is 9.94. The highest BCUT2D eigenvalue weighted by Crippen LogP contribution is 2.01. The van der Waals surface area contributed by atoms with Crippen LogP contribution in [0.2, 0.25) is 0 Å². The molecule has 0 unspecified atom stereocenters. The summed E-state index contributed by atoms with van der Waals surface area (Å²) in [7, 11) is 0. The van der Waals surface area contributed by atoms with Crippen LogP contribution in [0.1, 0.15) is 18.9 Å². The maximum atomic E-state index is 11.1. The van der Waals surface area contributed by atoms with Gasteiger partial charge in [-0.2, -0.15) is 0 Å². The molecule has 0 atom stereocenters. The molecule has 0 saturated heterocycles. The molecule has 0 spiro atoms. The standard InChI is InChI=1S/C13H17NO3/c1-2-17-13(15)8-12(14)10-16-9-11-6-4-3-5-7-11/h3-7,14H,2,8-10H2,1H3. The molecule has 0 radical (unpaired) electrons. The number of rotatable bonds is 7. The second-order valence-corrected chi connectivity index (χ2v) is 3.56. The van der Waals surface area contributed by atoms with Crippen molar-refractivity contribution >= 4 is 11.7 Å². The molecule has 0 heterocycles. The molecule has 0 aliphatic rings. The molecule has 17 heavy (non-hydrogen) atoms. The number of carbonyl (C=O) groups excluding carboxylic acids is 1. The zero-order chi connectivity index (χ0) is 12.5. The van der Waals surface area contributed by atoms with E-state index in [1.165, 1.54) is 0 Å². The Labute approximate surface area is 101 Å². The van der Waals surface area contributed by atoms with Crippen LogP contribution in [0.3, 0.4) is 0 Å². The molecule has 1 rings (SSSR count). The Morgan fingerprint density at radius 2 is 2.00 bits per heavy atom. The summed E-state index contributed by atoms with van der Waals surface area (Å²) in [5.74, 6) is -0.374. The van der Waals surface area contributed by atoms with E-state index in [1.54, 1.807) is 6.92 Å². The van der Waals surface area contributed by atoms with E-state index in [1.807, 2.05) is 30.3 Å². The zero-order valence-corrected chi connectivity index (χ0v) is 9.94. The molecule has 0 bridgehead atoms. The van der Waals surface area contributed by atoms with Crippen molar-refractivity contribution in [2.75, 3.05) is 13.2 Å². The van der Waals surface area contributed by atoms with Crippen LogP contribution in [-0.4, -0.2) is 24.9 Å². The fourth-order valence-corrected chi connectivity index (χ4v) is 1.30. The number of carbonyl (C=O) groups is 1. The molecule has 92 valence electrons. The third kappa shape index (κ3) is 5.82. The molecule has 1 aromatic rings. The highest BCUT2D eigenvalue weighted by molar-refractivity contribution is 5.97. The monoisotopic (exact) mass is 235 g/mol. The molecular weight excluding hydrogens is 218 g/mol. The maximum Gasteiger partial charge on any atom is 0.311 e. The summed E-state index contributed by atoms with van der Waals surface area (Å²) in [6.07, 6.45) is 0.00261. The first-order chi connectivity index (χ1) is 8.22. The van der Waals surface area contributed by atoms with Crippen LogP contribution >= 0.6 is 0 Å². The lowest BCUT2D eigenvalue weighted by Gasteiger charge is -2.05. The lowest BCUT2D eigenvalue weighted by Crippen LogP contribution is -2.15. The number of nitrogens with one attached hydrogen (secondary N) is 1. The van der Waals surface area contributed by atoms with Crippen molar-refractivity contribution < 1.29 is 14.3 Å². The SMILES string of the molecule is CCOC(=O)CC(=N)COCc1ccccc1. The maximum absolute atomic E-state index is 11.1. The second kappa shape index (κ2) is 7.57. The predicted molar refractivity (Wildman–Crippen MR) is 65.1 cm³/mol. The molecule has 4 nitrogen and oxygen atoms in total. The number of esters is 1. The normalized spacial score (nSPS) is 9.94. The molecule has 0 aromatic heterocycles. The Bertz CT molecular complexity index is 362. The van der Waals surface area contributed by atoms with E-state index < -0.39 is 0 Å². The average molecular weight is 235 g/mol. The Kier molecular flexibility index (Phi) is 5.96. The van der Waals surface area contributed by atoms with Gasteiger partial charge in [0.05, 0.1) is 26.2 Å². The quantitative estimate of drug-likeness (QED) is 0.582. The van der Waals surface area contributed by atoms with Gasteiger partial charge in [-0.15, -0.1) is 0 Å². The van der Waals surface area contributed by atoms with Crippen LogP contribution in [0.25, 0.3) is 0 Å². The van der Waals surface area contributed by atoms with Gasteiger partial charge in [0.1, 0.15) is 0 Å². The molecule has 1 aromatic carbocycles. The summed E-state index contributed by atoms with van der Waals surface area (Å²) in [5, 5.41) is 7.54. The van der Waals surface area contributed by atoms with E-state index in [0.717, 1.165) is 5.56 Å². The van der Waals surface area contributed by atoms with E-state index in [0.29, 0.717) is 13.2 Å². The highest BCUT2D eigenvalue weighted by Gasteiger charge is 2.06. The smallest absolute Gasteiger partial charge is 0.311 e. The van der Waals surface area contributed by atoms with Gasteiger partial charge >= 0.3 is 5.97 Å². The first kappa shape index (κ1) is 13.4. The Morgan fingerprint density at radius 3 is 2.65 bits per heavy atom. The van der Waals surface area contributed by atoms with Crippen molar-refractivity contribution in [2.24, 2.45) is 0 Å². The van der Waals surface area contributed by atoms with Gasteiger partial charge in [0, 0.05) is 5.71 Å². The molecule has 0 amide bonds. The van der Waals surface area contributed by atoms with Gasteiger partial charge in [0.2, 0.25) is 0 Å². The molecule has 4 heteroatoms. The van der Waals surface area contributed by atoms with Gasteiger partial charge < -0.3 is 14.9 Å². The summed E-state index contributed by atoms with van der Waals surface area (Å²) in [6.45, 7) is 2.70. The lowest BCUT2D eigenvalue weighted by molar-refractivity contribution is -0.141. The van der Waals surface area contributed by atoms with Gasteiger partial charge in [-0.25, -0.2) is 0 Å². The summed E-state index contributed by atoms with van der Waals surface area (Å²) >= 11 is 0. The first-order valence-corrected chi connectivity index (χ1v) is 5.56. The minimum absolute atomic E-state index is 0.00261. The van der Waals surface area contributed by atoms with Gasteiger partial charge in [-0.05, 0) is 12.5 Å². The topological polar surface area (TPSA) is 59.4 Å². The minimum Gasteiger partial charge on any atom is -0.466 e. The Morgan fingerprint density at radius 1 is 1.29 bits per heavy atom. The summed E-state index contributed by atoms with van der Waals surface area (Å²) in [4.78, 5) is 11.1. The van der Waals surface area contributed by atoms with E-state index in [9.17, 15) is 4.79 Å². The molecule has 0 aliphatic carbocycles. The fraction of sp³-hybridized carbons (Fsp3) is 0.385. The molecule has 0 saturated carbocycles. The average Bonchev–Trinajstić information content (AvgIpc) is 2.30. The number of hydrogen-bond donors (Lipinski definition) is 1. The van der Waals surface area contributed by atoms with Gasteiger partial charge in [-0.1, -0.05) is 30.3 Å². The molecular formula is C13H17NO3. The number of benzene rings is 1. The van der Waals surface area contributed by atoms with E-state index in [2.05, 4.69) is 0 Å². The van der Waals surface area contributed by atoms with Crippen LogP contribution < -0.4 is 0 Å². The van der Waals surface area contributed by atoms with Crippen molar-refractivity contribution in [3.63, 3.8) is 0 Å². The highest BCUT2D eigenvalue weighted by atomic mass is 16.5. The van der Waals surface area contributed by atoms with Crippen molar-refractivity contribution in [2.45, 2.75) is 20.0 Å². The summed E-state index contributed by atoms with van der Waals surface area (Å²) in [6, 6.07) is 9.71. The largest absolute Gasteiger partial charge is 0.466 e. The van der Waals surface area contributed by atoms with Crippen LogP contribution in [0.4, 0.5) is 0 Å². The summed E-state index contributed by atoms with van der Waals surface area (Å²) in [5.41, 5.74) is 1.29. The van der Waals surface area contributed by atoms with E-state index in [4.69, 9.17) is 14.9 Å². The van der Waals surface area contributed by atoms with Crippen LogP contribution in [0, 0.1) is 5.41 Å². The van der Waals surface area contributed by atoms with E-state index >= 15 is 0 Å². The Balaban J connectivity index is 2.18. The lowest BCUT2D eigenvalue weighted by atomic mass is 10.2. The van der Waals surface area contributed by atoms with Crippen molar-refractivity contribution in [3.05, 3.63) is 35.9 Å². The van der Waals surface area contributed by atoms with Crippen LogP contribution in [0.15, 0.2) is 30.3 Å². The number of hydrogen-bond acceptors (Lipinski definition) is 4. The van der Waals surface area contributed by atoms with E-state index in [-0.39, 0.29) is 24.7 Å². The Hall–Kier alpha value is -1.68. The summed E-state index contributed by atoms with van der Waals surface area (Å²) < 4.78 is 10.1.